The highest BCUT2D eigenvalue weighted by Crippen LogP contribution is 2.09. The molecule has 5 heteroatoms. The van der Waals surface area contributed by atoms with Crippen LogP contribution in [0.4, 0.5) is 5.69 Å². The molecular weight excluding hydrogens is 244 g/mol. The van der Waals surface area contributed by atoms with Crippen LogP contribution in [0.3, 0.4) is 0 Å². The summed E-state index contributed by atoms with van der Waals surface area (Å²) in [7, 11) is 1.31. The van der Waals surface area contributed by atoms with Crippen molar-refractivity contribution in [2.75, 3.05) is 12.8 Å². The molecule has 0 aliphatic carbocycles. The number of ether oxygens (including phenoxy) is 1. The van der Waals surface area contributed by atoms with Crippen LogP contribution in [0.25, 0.3) is 0 Å². The number of methoxy groups -OCH3 is 1. The summed E-state index contributed by atoms with van der Waals surface area (Å²) >= 11 is 0. The molecule has 1 aromatic carbocycles. The van der Waals surface area contributed by atoms with Gasteiger partial charge in [0, 0.05) is 11.3 Å². The zero-order chi connectivity index (χ0) is 14.4. The molecule has 0 heterocycles. The number of amides is 1. The number of nitrogen functional groups attached to an aromatic ring is 1. The highest BCUT2D eigenvalue weighted by Gasteiger charge is 2.22. The molecule has 0 aliphatic heterocycles. The Bertz CT molecular complexity index is 441. The Hall–Kier alpha value is -2.04. The third-order valence-corrected chi connectivity index (χ3v) is 2.67. The van der Waals surface area contributed by atoms with Crippen molar-refractivity contribution in [2.45, 2.75) is 26.3 Å². The molecule has 0 bridgehead atoms. The summed E-state index contributed by atoms with van der Waals surface area (Å²) in [6, 6.07) is 5.90. The summed E-state index contributed by atoms with van der Waals surface area (Å²) in [6.07, 6.45) is 0.535. The molecule has 0 saturated carbocycles. The van der Waals surface area contributed by atoms with E-state index < -0.39 is 12.0 Å². The minimum absolute atomic E-state index is 0.274. The summed E-state index contributed by atoms with van der Waals surface area (Å²) in [5, 5.41) is 2.68. The molecule has 1 aromatic rings. The van der Waals surface area contributed by atoms with Gasteiger partial charge in [-0.3, -0.25) is 4.79 Å². The second kappa shape index (κ2) is 6.78. The molecule has 3 N–H and O–H groups in total. The molecule has 0 saturated heterocycles. The van der Waals surface area contributed by atoms with Gasteiger partial charge < -0.3 is 15.8 Å². The number of carbonyl (C=O) groups excluding carboxylic acids is 2. The molecular formula is C14H20N2O3. The molecule has 0 spiro atoms. The Morgan fingerprint density at radius 3 is 2.32 bits per heavy atom. The standard InChI is InChI=1S/C14H20N2O3/c1-9(2)8-12(14(18)19-3)16-13(17)10-4-6-11(15)7-5-10/h4-7,9,12H,8,15H2,1-3H3,(H,16,17). The van der Waals surface area contributed by atoms with E-state index in [0.29, 0.717) is 17.7 Å². The van der Waals surface area contributed by atoms with Crippen molar-refractivity contribution in [3.05, 3.63) is 29.8 Å². The largest absolute Gasteiger partial charge is 0.467 e. The maximum Gasteiger partial charge on any atom is 0.328 e. The van der Waals surface area contributed by atoms with E-state index in [1.807, 2.05) is 13.8 Å². The summed E-state index contributed by atoms with van der Waals surface area (Å²) in [5.74, 6) is -0.468. The molecule has 1 unspecified atom stereocenters. The first kappa shape index (κ1) is 15.0. The summed E-state index contributed by atoms with van der Waals surface area (Å²) < 4.78 is 4.70. The first-order chi connectivity index (χ1) is 8.93. The highest BCUT2D eigenvalue weighted by atomic mass is 16.5. The summed E-state index contributed by atoms with van der Waals surface area (Å²) in [5.41, 5.74) is 6.61. The Morgan fingerprint density at radius 1 is 1.26 bits per heavy atom. The second-order valence-electron chi connectivity index (χ2n) is 4.80. The summed E-state index contributed by atoms with van der Waals surface area (Å²) in [4.78, 5) is 23.6. The number of rotatable bonds is 5. The number of benzene rings is 1. The van der Waals surface area contributed by atoms with Crippen molar-refractivity contribution in [1.29, 1.82) is 0 Å². The number of nitrogens with two attached hydrogens (primary N) is 1. The van der Waals surface area contributed by atoms with Gasteiger partial charge in [0.2, 0.25) is 0 Å². The van der Waals surface area contributed by atoms with Crippen molar-refractivity contribution in [1.82, 2.24) is 5.32 Å². The Morgan fingerprint density at radius 2 is 1.84 bits per heavy atom. The Kier molecular flexibility index (Phi) is 5.36. The topological polar surface area (TPSA) is 81.4 Å². The van der Waals surface area contributed by atoms with Crippen LogP contribution in [-0.4, -0.2) is 25.0 Å². The number of nitrogens with one attached hydrogen (secondary N) is 1. The predicted molar refractivity (Wildman–Crippen MR) is 73.6 cm³/mol. The lowest BCUT2D eigenvalue weighted by molar-refractivity contribution is -0.143. The van der Waals surface area contributed by atoms with Gasteiger partial charge in [-0.2, -0.15) is 0 Å². The Labute approximate surface area is 113 Å². The van der Waals surface area contributed by atoms with Crippen LogP contribution in [-0.2, 0) is 9.53 Å². The quantitative estimate of drug-likeness (QED) is 0.625. The molecule has 1 atom stereocenters. The minimum Gasteiger partial charge on any atom is -0.467 e. The van der Waals surface area contributed by atoms with E-state index in [9.17, 15) is 9.59 Å². The van der Waals surface area contributed by atoms with Gasteiger partial charge in [-0.05, 0) is 36.6 Å². The number of hydrogen-bond donors (Lipinski definition) is 2. The fraction of sp³-hybridized carbons (Fsp3) is 0.429. The molecule has 1 amide bonds. The average Bonchev–Trinajstić information content (AvgIpc) is 2.37. The maximum absolute atomic E-state index is 12.0. The van der Waals surface area contributed by atoms with E-state index in [2.05, 4.69) is 5.32 Å². The van der Waals surface area contributed by atoms with E-state index in [1.54, 1.807) is 24.3 Å². The normalized spacial score (nSPS) is 12.0. The van der Waals surface area contributed by atoms with Crippen LogP contribution in [0.2, 0.25) is 0 Å². The van der Waals surface area contributed by atoms with E-state index in [0.717, 1.165) is 0 Å². The van der Waals surface area contributed by atoms with Crippen molar-refractivity contribution in [3.63, 3.8) is 0 Å². The van der Waals surface area contributed by atoms with Gasteiger partial charge in [0.15, 0.2) is 0 Å². The lowest BCUT2D eigenvalue weighted by Gasteiger charge is -2.18. The SMILES string of the molecule is COC(=O)C(CC(C)C)NC(=O)c1ccc(N)cc1. The van der Waals surface area contributed by atoms with Crippen LogP contribution in [0, 0.1) is 5.92 Å². The number of esters is 1. The van der Waals surface area contributed by atoms with Gasteiger partial charge in [-0.25, -0.2) is 4.79 Å². The maximum atomic E-state index is 12.0. The number of anilines is 1. The fourth-order valence-electron chi connectivity index (χ4n) is 1.70. The molecule has 104 valence electrons. The highest BCUT2D eigenvalue weighted by molar-refractivity contribution is 5.97. The lowest BCUT2D eigenvalue weighted by atomic mass is 10.0. The van der Waals surface area contributed by atoms with Crippen LogP contribution in [0.5, 0.6) is 0 Å². The molecule has 0 fully saturated rings. The molecule has 1 rings (SSSR count). The molecule has 0 aromatic heterocycles. The van der Waals surface area contributed by atoms with E-state index in [1.165, 1.54) is 7.11 Å². The average molecular weight is 264 g/mol. The van der Waals surface area contributed by atoms with Gasteiger partial charge in [0.05, 0.1) is 7.11 Å². The lowest BCUT2D eigenvalue weighted by Crippen LogP contribution is -2.42. The monoisotopic (exact) mass is 264 g/mol. The molecule has 0 aliphatic rings. The van der Waals surface area contributed by atoms with E-state index >= 15 is 0 Å². The fourth-order valence-corrected chi connectivity index (χ4v) is 1.70. The van der Waals surface area contributed by atoms with Crippen molar-refractivity contribution >= 4 is 17.6 Å². The second-order valence-corrected chi connectivity index (χ2v) is 4.80. The third-order valence-electron chi connectivity index (χ3n) is 2.67. The van der Waals surface area contributed by atoms with Crippen LogP contribution in [0.1, 0.15) is 30.6 Å². The minimum atomic E-state index is -0.630. The van der Waals surface area contributed by atoms with Gasteiger partial charge in [-0.15, -0.1) is 0 Å². The van der Waals surface area contributed by atoms with E-state index in [-0.39, 0.29) is 11.8 Å². The first-order valence-corrected chi connectivity index (χ1v) is 6.18. The van der Waals surface area contributed by atoms with Crippen LogP contribution < -0.4 is 11.1 Å². The van der Waals surface area contributed by atoms with Crippen molar-refractivity contribution in [2.24, 2.45) is 5.92 Å². The smallest absolute Gasteiger partial charge is 0.328 e. The zero-order valence-electron chi connectivity index (χ0n) is 11.5. The van der Waals surface area contributed by atoms with Gasteiger partial charge >= 0.3 is 5.97 Å². The number of hydrogen-bond acceptors (Lipinski definition) is 4. The molecule has 5 nitrogen and oxygen atoms in total. The van der Waals surface area contributed by atoms with Gasteiger partial charge in [0.25, 0.3) is 5.91 Å². The first-order valence-electron chi connectivity index (χ1n) is 6.18. The van der Waals surface area contributed by atoms with Crippen LogP contribution >= 0.6 is 0 Å². The van der Waals surface area contributed by atoms with Crippen molar-refractivity contribution in [3.8, 4) is 0 Å². The molecule has 0 radical (unpaired) electrons. The molecule has 19 heavy (non-hydrogen) atoms. The Balaban J connectivity index is 2.75. The zero-order valence-corrected chi connectivity index (χ0v) is 11.5. The predicted octanol–water partition coefficient (Wildman–Crippen LogP) is 1.59. The summed E-state index contributed by atoms with van der Waals surface area (Å²) in [6.45, 7) is 3.95. The third kappa shape index (κ3) is 4.62. The van der Waals surface area contributed by atoms with Crippen molar-refractivity contribution < 1.29 is 14.3 Å². The van der Waals surface area contributed by atoms with Gasteiger partial charge in [0.1, 0.15) is 6.04 Å². The van der Waals surface area contributed by atoms with E-state index in [4.69, 9.17) is 10.5 Å². The van der Waals surface area contributed by atoms with Gasteiger partial charge in [-0.1, -0.05) is 13.8 Å². The van der Waals surface area contributed by atoms with Crippen LogP contribution in [0.15, 0.2) is 24.3 Å². The number of carbonyl (C=O) groups is 2.